The lowest BCUT2D eigenvalue weighted by Gasteiger charge is -2.36. The van der Waals surface area contributed by atoms with E-state index >= 15 is 0 Å². The monoisotopic (exact) mass is 1480 g/mol. The molecule has 5 fully saturated rings. The molecule has 2 saturated carbocycles. The second-order valence-electron chi connectivity index (χ2n) is 29.4. The third-order valence-electron chi connectivity index (χ3n) is 16.8. The van der Waals surface area contributed by atoms with Gasteiger partial charge in [-0.2, -0.15) is 0 Å². The molecule has 0 aromatic rings. The Morgan fingerprint density at radius 2 is 0.748 bits per heavy atom. The van der Waals surface area contributed by atoms with Gasteiger partial charge in [0.05, 0.1) is 55.8 Å². The molecular formula is C78H167N11O14. The average molecular weight is 1480 g/mol. The summed E-state index contributed by atoms with van der Waals surface area (Å²) in [6, 6.07) is 1.03. The van der Waals surface area contributed by atoms with Crippen LogP contribution in [0.5, 0.6) is 0 Å². The van der Waals surface area contributed by atoms with Crippen LogP contribution < -0.4 is 47.9 Å². The number of ether oxygens (including phenoxy) is 2. The number of likely N-dealkylation sites (tertiary alicyclic amines) is 2. The smallest absolute Gasteiger partial charge is 0.222 e. The molecule has 5 rings (SSSR count). The molecule has 3 aliphatic heterocycles. The third-order valence-corrected chi connectivity index (χ3v) is 16.8. The predicted octanol–water partition coefficient (Wildman–Crippen LogP) is 7.46. The van der Waals surface area contributed by atoms with Crippen molar-refractivity contribution in [2.45, 2.75) is 274 Å². The minimum Gasteiger partial charge on any atom is -0.396 e. The maximum Gasteiger partial charge on any atom is 0.222 e. The number of nitrogens with one attached hydrogen (secondary N) is 9. The molecule has 3 saturated heterocycles. The van der Waals surface area contributed by atoms with Crippen LogP contribution in [0.3, 0.4) is 0 Å². The van der Waals surface area contributed by atoms with E-state index in [4.69, 9.17) is 35.0 Å². The van der Waals surface area contributed by atoms with E-state index in [1.54, 1.807) is 28.1 Å². The van der Waals surface area contributed by atoms with Crippen molar-refractivity contribution in [2.75, 3.05) is 114 Å². The molecule has 0 bridgehead atoms. The second kappa shape index (κ2) is 66.9. The number of aliphatic hydroxyl groups excluding tert-OH is 6. The molecule has 0 spiro atoms. The fourth-order valence-electron chi connectivity index (χ4n) is 8.92. The number of rotatable bonds is 27. The number of carbonyl (C=O) groups excluding carboxylic acids is 6. The summed E-state index contributed by atoms with van der Waals surface area (Å²) in [6.45, 7) is 48.1. The Labute approximate surface area is 630 Å². The molecule has 6 amide bonds. The van der Waals surface area contributed by atoms with Gasteiger partial charge >= 0.3 is 0 Å². The van der Waals surface area contributed by atoms with Gasteiger partial charge in [0.1, 0.15) is 0 Å². The summed E-state index contributed by atoms with van der Waals surface area (Å²) in [5.41, 5.74) is 2.07. The van der Waals surface area contributed by atoms with Crippen molar-refractivity contribution in [3.8, 4) is 0 Å². The zero-order chi connectivity index (χ0) is 75.8. The first-order chi connectivity index (χ1) is 45.8. The van der Waals surface area contributed by atoms with E-state index in [2.05, 4.69) is 98.8 Å². The van der Waals surface area contributed by atoms with Gasteiger partial charge in [0.15, 0.2) is 0 Å². The average Bonchev–Trinajstić information content (AvgIpc) is 1.75. The van der Waals surface area contributed by atoms with Crippen LogP contribution in [0.1, 0.15) is 219 Å². The first-order valence-electron chi connectivity index (χ1n) is 36.4. The van der Waals surface area contributed by atoms with Gasteiger partial charge in [-0.15, -0.1) is 0 Å². The molecule has 0 aromatic heterocycles. The van der Waals surface area contributed by atoms with Crippen LogP contribution in [0.15, 0.2) is 24.6 Å². The van der Waals surface area contributed by atoms with E-state index in [1.807, 2.05) is 90.0 Å². The number of allylic oxidation sites excluding steroid dienone is 2. The highest BCUT2D eigenvalue weighted by Gasteiger charge is 2.31. The highest BCUT2D eigenvalue weighted by atomic mass is 16.5. The minimum absolute atomic E-state index is 0. The summed E-state index contributed by atoms with van der Waals surface area (Å²) in [5.74, 6) is 2.73. The zero-order valence-corrected chi connectivity index (χ0v) is 65.0. The third kappa shape index (κ3) is 61.2. The molecule has 618 valence electrons. The molecule has 1 unspecified atom stereocenters. The van der Waals surface area contributed by atoms with Crippen LogP contribution in [0.25, 0.3) is 0 Å². The van der Waals surface area contributed by atoms with Gasteiger partial charge in [-0.05, 0) is 128 Å². The lowest BCUT2D eigenvalue weighted by molar-refractivity contribution is -0.127. The van der Waals surface area contributed by atoms with Crippen LogP contribution in [-0.2, 0) is 38.2 Å². The number of nitrogens with zero attached hydrogens (tertiary/aromatic N) is 2. The predicted molar refractivity (Wildman–Crippen MR) is 428 cm³/mol. The lowest BCUT2D eigenvalue weighted by atomic mass is 9.93. The fourth-order valence-corrected chi connectivity index (χ4v) is 8.92. The van der Waals surface area contributed by atoms with Crippen LogP contribution in [0, 0.1) is 59.2 Å². The molecule has 0 aromatic carbocycles. The van der Waals surface area contributed by atoms with Gasteiger partial charge < -0.3 is 97.8 Å². The highest BCUT2D eigenvalue weighted by Crippen LogP contribution is 2.28. The topological polar surface area (TPSA) is 357 Å². The van der Waals surface area contributed by atoms with Crippen molar-refractivity contribution in [3.05, 3.63) is 24.6 Å². The van der Waals surface area contributed by atoms with Gasteiger partial charge in [-0.3, -0.25) is 28.8 Å². The van der Waals surface area contributed by atoms with E-state index in [0.29, 0.717) is 37.0 Å². The standard InChI is InChI=1S/2C11H22N2O2.C10H19NO2.C9H18N2O.C9H17N.2C8H17NO2.C7H15NO3.5CH4/c2*1-8(2)11(14)12-9-5-6-13(3)7-10(9)15-4;1-7(2)10(13)11-8-3-5-9(12)6-4-8;1-7(2)9(12)11-8-3-5-10-6-4-8;1-7(2)8(3)10-6-9-4-5-9;1-6(2)7(3)9-4-8(11)5-10;1-6(2)8(11)9-4-7(3)5-10;1-5(2)7(11)8-3-6(10)4-9;;;;;/h2*8-10H,5-7H2,1-4H3,(H,12,14);7-9,12H,3-6H2,1-2H3,(H,11,13);7-8,10H,3-6H2,1-2H3,(H,11,12);7,9-10H,3-6H2,1-2H3;6,8-11H,3-5H2,1-2H3;6-7,10H,4-5H2,1-3H3,(H,9,11);5-6,9-10H,3-4H2,1-2H3,(H,8,11);5*1H4/t2*9-,10-;;;;;7-;6-;;;;;/m00....10...../s1. The summed E-state index contributed by atoms with van der Waals surface area (Å²) in [6.07, 6.45) is 8.92. The van der Waals surface area contributed by atoms with Gasteiger partial charge in [0.25, 0.3) is 0 Å². The normalized spacial score (nSPS) is 20.0. The Morgan fingerprint density at radius 3 is 1.06 bits per heavy atom. The molecule has 25 nitrogen and oxygen atoms in total. The number of amides is 6. The Hall–Kier alpha value is -4.54. The molecule has 2 aliphatic carbocycles. The fraction of sp³-hybridized carbons (Fsp3) is 0.872. The number of aliphatic hydroxyl groups is 6. The highest BCUT2D eigenvalue weighted by molar-refractivity contribution is 5.80. The molecule has 25 heteroatoms. The van der Waals surface area contributed by atoms with E-state index in [-0.39, 0.29) is 171 Å². The summed E-state index contributed by atoms with van der Waals surface area (Å²) >= 11 is 0. The second-order valence-corrected chi connectivity index (χ2v) is 29.4. The summed E-state index contributed by atoms with van der Waals surface area (Å²) in [5, 5.41) is 79.4. The molecule has 7 atom stereocenters. The Kier molecular flexibility index (Phi) is 74.2. The van der Waals surface area contributed by atoms with Crippen molar-refractivity contribution < 1.29 is 68.9 Å². The molecule has 5 aliphatic rings. The van der Waals surface area contributed by atoms with E-state index < -0.39 is 12.2 Å². The van der Waals surface area contributed by atoms with Crippen LogP contribution in [0.2, 0.25) is 0 Å². The van der Waals surface area contributed by atoms with Gasteiger partial charge in [0, 0.05) is 119 Å². The van der Waals surface area contributed by atoms with Gasteiger partial charge in [-0.1, -0.05) is 168 Å². The van der Waals surface area contributed by atoms with E-state index in [1.165, 1.54) is 18.5 Å². The van der Waals surface area contributed by atoms with Gasteiger partial charge in [-0.25, -0.2) is 0 Å². The summed E-state index contributed by atoms with van der Waals surface area (Å²) < 4.78 is 10.8. The van der Waals surface area contributed by atoms with Crippen molar-refractivity contribution in [2.24, 2.45) is 59.2 Å². The molecule has 0 radical (unpaired) electrons. The molecule has 103 heavy (non-hydrogen) atoms. The van der Waals surface area contributed by atoms with Crippen molar-refractivity contribution in [1.82, 2.24) is 57.7 Å². The Morgan fingerprint density at radius 1 is 0.427 bits per heavy atom. The Bertz CT molecular complexity index is 2010. The van der Waals surface area contributed by atoms with Crippen molar-refractivity contribution in [1.29, 1.82) is 0 Å². The van der Waals surface area contributed by atoms with E-state index in [0.717, 1.165) is 109 Å². The maximum atomic E-state index is 11.6. The number of carbonyl (C=O) groups is 6. The molecular weight excluding hydrogens is 1310 g/mol. The van der Waals surface area contributed by atoms with E-state index in [9.17, 15) is 33.9 Å². The quantitative estimate of drug-likeness (QED) is 0.0379. The Balaban J connectivity index is -0.000000166. The summed E-state index contributed by atoms with van der Waals surface area (Å²) in [4.78, 5) is 72.0. The van der Waals surface area contributed by atoms with Crippen LogP contribution in [-0.4, -0.2) is 244 Å². The number of methoxy groups -OCH3 is 2. The first kappa shape index (κ1) is 114. The number of hydrogen-bond acceptors (Lipinski definition) is 19. The SMILES string of the molecule is C.C.C.C.C.C=C(NCC(O)CO)C(C)C.C=C(NCC1CC1)C(C)C.CC(C)C(=O)NC1CCC(O)CC1.CC(C)C(=O)NC1CCNCC1.CC(C)C(=O)NC[C@@H](C)CO.CC(C)C(=O)NC[C@H](O)CO.CO[C@H]1CN(C)CC[C@@H]1NC(=O)C(C)C.CO[C@H]1CN(C)CC[C@@H]1NC(=O)C(C)C. The first-order valence-corrected chi connectivity index (χ1v) is 36.4. The number of piperidine rings is 3. The zero-order valence-electron chi connectivity index (χ0n) is 65.0. The van der Waals surface area contributed by atoms with Crippen LogP contribution in [0.4, 0.5) is 0 Å². The number of likely N-dealkylation sites (N-methyl/N-ethyl adjacent to an activating group) is 2. The summed E-state index contributed by atoms with van der Waals surface area (Å²) in [7, 11) is 7.57. The van der Waals surface area contributed by atoms with Crippen molar-refractivity contribution in [3.63, 3.8) is 0 Å². The molecule has 3 heterocycles. The minimum atomic E-state index is -0.849. The number of hydrogen-bond donors (Lipinski definition) is 15. The van der Waals surface area contributed by atoms with Gasteiger partial charge in [0.2, 0.25) is 35.4 Å². The van der Waals surface area contributed by atoms with Crippen molar-refractivity contribution >= 4 is 35.4 Å². The maximum absolute atomic E-state index is 11.6. The lowest BCUT2D eigenvalue weighted by Crippen LogP contribution is -2.54. The molecule has 15 N–H and O–H groups in total. The van der Waals surface area contributed by atoms with Crippen LogP contribution >= 0.6 is 0 Å². The largest absolute Gasteiger partial charge is 0.396 e.